The van der Waals surface area contributed by atoms with Gasteiger partial charge >= 0.3 is 0 Å². The third-order valence-electron chi connectivity index (χ3n) is 2.60. The Balaban J connectivity index is 2.54. The molecule has 0 aliphatic rings. The fraction of sp³-hybridized carbons (Fsp3) is 0.0769. The summed E-state index contributed by atoms with van der Waals surface area (Å²) >= 11 is 12.0. The van der Waals surface area contributed by atoms with E-state index >= 15 is 0 Å². The Morgan fingerprint density at radius 2 is 1.61 bits per heavy atom. The van der Waals surface area contributed by atoms with Crippen LogP contribution in [0.15, 0.2) is 36.4 Å². The largest absolute Gasteiger partial charge is 0.320 e. The minimum atomic E-state index is -0.915. The Morgan fingerprint density at radius 1 is 1.00 bits per heavy atom. The maximum absolute atomic E-state index is 13.6. The molecular formula is C13H9Cl2F2N. The summed E-state index contributed by atoms with van der Waals surface area (Å²) in [6.45, 7) is 0. The Hall–Kier alpha value is -1.16. The van der Waals surface area contributed by atoms with Crippen LogP contribution in [0, 0.1) is 11.6 Å². The van der Waals surface area contributed by atoms with Crippen LogP contribution in [-0.4, -0.2) is 0 Å². The molecule has 0 saturated heterocycles. The van der Waals surface area contributed by atoms with Crippen molar-refractivity contribution >= 4 is 23.2 Å². The first kappa shape index (κ1) is 13.3. The summed E-state index contributed by atoms with van der Waals surface area (Å²) in [5, 5.41) is 0.636. The maximum atomic E-state index is 13.6. The van der Waals surface area contributed by atoms with Crippen LogP contribution in [0.1, 0.15) is 17.2 Å². The molecule has 0 aliphatic carbocycles. The minimum Gasteiger partial charge on any atom is -0.320 e. The number of hydrogen-bond donors (Lipinski definition) is 1. The number of nitrogens with two attached hydrogens (primary N) is 1. The van der Waals surface area contributed by atoms with Gasteiger partial charge < -0.3 is 5.73 Å². The number of rotatable bonds is 2. The van der Waals surface area contributed by atoms with Crippen molar-refractivity contribution in [3.63, 3.8) is 0 Å². The summed E-state index contributed by atoms with van der Waals surface area (Å²) in [4.78, 5) is 0. The van der Waals surface area contributed by atoms with Gasteiger partial charge in [-0.25, -0.2) is 8.78 Å². The van der Waals surface area contributed by atoms with Crippen LogP contribution in [-0.2, 0) is 0 Å². The lowest BCUT2D eigenvalue weighted by atomic mass is 9.99. The molecule has 0 saturated carbocycles. The molecule has 5 heteroatoms. The number of benzene rings is 2. The molecule has 2 aromatic carbocycles. The van der Waals surface area contributed by atoms with Gasteiger partial charge in [-0.2, -0.15) is 0 Å². The summed E-state index contributed by atoms with van der Waals surface area (Å²) in [6.07, 6.45) is 0. The lowest BCUT2D eigenvalue weighted by Gasteiger charge is -2.16. The van der Waals surface area contributed by atoms with Crippen LogP contribution in [0.25, 0.3) is 0 Å². The Kier molecular flexibility index (Phi) is 3.85. The van der Waals surface area contributed by atoms with Gasteiger partial charge in [-0.05, 0) is 30.3 Å². The molecule has 1 nitrogen and oxygen atoms in total. The van der Waals surface area contributed by atoms with Crippen LogP contribution in [0.2, 0.25) is 10.0 Å². The molecule has 0 aliphatic heterocycles. The van der Waals surface area contributed by atoms with Gasteiger partial charge in [-0.15, -0.1) is 0 Å². The molecule has 94 valence electrons. The van der Waals surface area contributed by atoms with Crippen molar-refractivity contribution in [3.05, 3.63) is 69.2 Å². The van der Waals surface area contributed by atoms with Crippen LogP contribution >= 0.6 is 23.2 Å². The molecular weight excluding hydrogens is 279 g/mol. The molecule has 2 aromatic rings. The molecule has 0 amide bonds. The first-order valence-corrected chi connectivity index (χ1v) is 5.90. The number of hydrogen-bond acceptors (Lipinski definition) is 1. The lowest BCUT2D eigenvalue weighted by Crippen LogP contribution is -2.15. The topological polar surface area (TPSA) is 26.0 Å². The average molecular weight is 288 g/mol. The van der Waals surface area contributed by atoms with Crippen molar-refractivity contribution in [2.24, 2.45) is 5.73 Å². The van der Waals surface area contributed by atoms with Crippen molar-refractivity contribution in [1.82, 2.24) is 0 Å². The normalized spacial score (nSPS) is 12.5. The summed E-state index contributed by atoms with van der Waals surface area (Å²) in [7, 11) is 0. The molecule has 0 fully saturated rings. The highest BCUT2D eigenvalue weighted by Crippen LogP contribution is 2.33. The van der Waals surface area contributed by atoms with E-state index in [0.717, 1.165) is 18.2 Å². The average Bonchev–Trinajstić information content (AvgIpc) is 2.32. The van der Waals surface area contributed by atoms with Crippen molar-refractivity contribution in [1.29, 1.82) is 0 Å². The molecule has 0 heterocycles. The molecule has 0 radical (unpaired) electrons. The first-order valence-electron chi connectivity index (χ1n) is 5.15. The molecule has 0 aromatic heterocycles. The zero-order chi connectivity index (χ0) is 13.3. The predicted molar refractivity (Wildman–Crippen MR) is 68.9 cm³/mol. The summed E-state index contributed by atoms with van der Waals surface area (Å²) in [6, 6.07) is 7.03. The van der Waals surface area contributed by atoms with Crippen LogP contribution in [0.5, 0.6) is 0 Å². The van der Waals surface area contributed by atoms with E-state index in [1.165, 1.54) is 0 Å². The molecule has 18 heavy (non-hydrogen) atoms. The highest BCUT2D eigenvalue weighted by molar-refractivity contribution is 6.36. The fourth-order valence-corrected chi connectivity index (χ4v) is 2.35. The highest BCUT2D eigenvalue weighted by atomic mass is 35.5. The van der Waals surface area contributed by atoms with Crippen molar-refractivity contribution in [2.75, 3.05) is 0 Å². The molecule has 0 bridgehead atoms. The van der Waals surface area contributed by atoms with Gasteiger partial charge in [0.2, 0.25) is 0 Å². The van der Waals surface area contributed by atoms with Crippen LogP contribution < -0.4 is 5.73 Å². The van der Waals surface area contributed by atoms with E-state index in [9.17, 15) is 8.78 Å². The summed E-state index contributed by atoms with van der Waals surface area (Å²) in [5.74, 6) is -1.16. The van der Waals surface area contributed by atoms with E-state index < -0.39 is 17.7 Å². The van der Waals surface area contributed by atoms with Gasteiger partial charge in [0.1, 0.15) is 11.6 Å². The molecule has 1 atom stereocenters. The Labute approximate surface area is 113 Å². The van der Waals surface area contributed by atoms with E-state index in [2.05, 4.69) is 0 Å². The predicted octanol–water partition coefficient (Wildman–Crippen LogP) is 4.32. The zero-order valence-corrected chi connectivity index (χ0v) is 10.6. The lowest BCUT2D eigenvalue weighted by molar-refractivity contribution is 0.577. The van der Waals surface area contributed by atoms with Crippen molar-refractivity contribution in [3.8, 4) is 0 Å². The van der Waals surface area contributed by atoms with Crippen molar-refractivity contribution in [2.45, 2.75) is 6.04 Å². The smallest absolute Gasteiger partial charge is 0.128 e. The van der Waals surface area contributed by atoms with Gasteiger partial charge in [-0.1, -0.05) is 29.3 Å². The van der Waals surface area contributed by atoms with Gasteiger partial charge in [0.05, 0.1) is 6.04 Å². The minimum absolute atomic E-state index is 0.0185. The molecule has 0 spiro atoms. The number of halogens is 4. The first-order chi connectivity index (χ1) is 8.50. The highest BCUT2D eigenvalue weighted by Gasteiger charge is 2.19. The Morgan fingerprint density at radius 3 is 2.22 bits per heavy atom. The van der Waals surface area contributed by atoms with Crippen molar-refractivity contribution < 1.29 is 8.78 Å². The van der Waals surface area contributed by atoms with Gasteiger partial charge in [-0.3, -0.25) is 0 Å². The van der Waals surface area contributed by atoms with Gasteiger partial charge in [0.25, 0.3) is 0 Å². The van der Waals surface area contributed by atoms with E-state index in [0.29, 0.717) is 15.6 Å². The summed E-state index contributed by atoms with van der Waals surface area (Å²) < 4.78 is 26.8. The Bertz CT molecular complexity index is 567. The molecule has 1 unspecified atom stereocenters. The quantitative estimate of drug-likeness (QED) is 0.875. The second-order valence-corrected chi connectivity index (χ2v) is 4.59. The SMILES string of the molecule is NC(c1cc(F)ccc1F)c1c(Cl)cccc1Cl. The van der Waals surface area contributed by atoms with E-state index in [1.54, 1.807) is 18.2 Å². The molecule has 2 N–H and O–H groups in total. The molecule has 2 rings (SSSR count). The standard InChI is InChI=1S/C13H9Cl2F2N/c14-9-2-1-3-10(15)12(9)13(18)8-6-7(16)4-5-11(8)17/h1-6,13H,18H2. The van der Waals surface area contributed by atoms with Gasteiger partial charge in [0.15, 0.2) is 0 Å². The second-order valence-electron chi connectivity index (χ2n) is 3.78. The maximum Gasteiger partial charge on any atom is 0.128 e. The third-order valence-corrected chi connectivity index (χ3v) is 3.26. The summed E-state index contributed by atoms with van der Waals surface area (Å²) in [5.41, 5.74) is 6.31. The third kappa shape index (κ3) is 2.48. The fourth-order valence-electron chi connectivity index (χ4n) is 1.72. The van der Waals surface area contributed by atoms with Gasteiger partial charge in [0, 0.05) is 21.2 Å². The zero-order valence-electron chi connectivity index (χ0n) is 9.13. The van der Waals surface area contributed by atoms with E-state index in [1.807, 2.05) is 0 Å². The van der Waals surface area contributed by atoms with Crippen LogP contribution in [0.4, 0.5) is 8.78 Å². The van der Waals surface area contributed by atoms with E-state index in [-0.39, 0.29) is 5.56 Å². The monoisotopic (exact) mass is 287 g/mol. The second kappa shape index (κ2) is 5.22. The van der Waals surface area contributed by atoms with Crippen LogP contribution in [0.3, 0.4) is 0 Å². The van der Waals surface area contributed by atoms with E-state index in [4.69, 9.17) is 28.9 Å².